The molecule has 1 unspecified atom stereocenters. The van der Waals surface area contributed by atoms with Crippen LogP contribution in [0.3, 0.4) is 0 Å². The summed E-state index contributed by atoms with van der Waals surface area (Å²) in [5.41, 5.74) is 6.57. The summed E-state index contributed by atoms with van der Waals surface area (Å²) in [6, 6.07) is 22.0. The molecule has 0 saturated heterocycles. The standard InChI is InChI=1S/C27H23FN4OS/c1-16-7-9-20(10-8-16)25-30-26(33-31-25)23-18(3)32(22-6-4-5-17(2)15-22)27(34)29-24(23)19-11-13-21(28)14-12-19/h4-15,24H,1-3H3,(H,29,34). The van der Waals surface area contributed by atoms with Crippen molar-refractivity contribution in [3.05, 3.63) is 107 Å². The molecule has 3 aromatic carbocycles. The molecular weight excluding hydrogens is 447 g/mol. The first-order valence-corrected chi connectivity index (χ1v) is 11.4. The van der Waals surface area contributed by atoms with Gasteiger partial charge in [-0.2, -0.15) is 4.98 Å². The van der Waals surface area contributed by atoms with E-state index in [0.717, 1.165) is 39.2 Å². The summed E-state index contributed by atoms with van der Waals surface area (Å²) in [5.74, 6) is 0.587. The summed E-state index contributed by atoms with van der Waals surface area (Å²) >= 11 is 5.77. The van der Waals surface area contributed by atoms with Crippen LogP contribution in [0.25, 0.3) is 17.0 Å². The maximum absolute atomic E-state index is 13.7. The molecule has 4 aromatic rings. The number of hydrogen-bond acceptors (Lipinski definition) is 4. The summed E-state index contributed by atoms with van der Waals surface area (Å²) in [7, 11) is 0. The fourth-order valence-electron chi connectivity index (χ4n) is 4.16. The van der Waals surface area contributed by atoms with Crippen LogP contribution in [-0.2, 0) is 0 Å². The Morgan fingerprint density at radius 3 is 2.38 bits per heavy atom. The van der Waals surface area contributed by atoms with Crippen LogP contribution in [0, 0.1) is 19.7 Å². The monoisotopic (exact) mass is 470 g/mol. The number of anilines is 1. The molecule has 0 aliphatic carbocycles. The van der Waals surface area contributed by atoms with E-state index in [-0.39, 0.29) is 11.9 Å². The van der Waals surface area contributed by atoms with Crippen molar-refractivity contribution in [3.63, 3.8) is 0 Å². The minimum Gasteiger partial charge on any atom is -0.351 e. The van der Waals surface area contributed by atoms with Gasteiger partial charge in [0.1, 0.15) is 5.82 Å². The summed E-state index contributed by atoms with van der Waals surface area (Å²) in [4.78, 5) is 6.69. The third kappa shape index (κ3) is 4.10. The SMILES string of the molecule is CC1=C(c2nc(-c3ccc(C)cc3)no2)C(c2ccc(F)cc2)NC(=S)N1c1cccc(C)c1. The molecule has 0 bridgehead atoms. The van der Waals surface area contributed by atoms with Gasteiger partial charge in [0.15, 0.2) is 5.11 Å². The summed E-state index contributed by atoms with van der Waals surface area (Å²) < 4.78 is 19.4. The van der Waals surface area contributed by atoms with E-state index in [4.69, 9.17) is 21.7 Å². The van der Waals surface area contributed by atoms with Gasteiger partial charge in [0.2, 0.25) is 5.82 Å². The molecule has 7 heteroatoms. The highest BCUT2D eigenvalue weighted by Gasteiger charge is 2.34. The van der Waals surface area contributed by atoms with Crippen LogP contribution in [0.15, 0.2) is 83.0 Å². The van der Waals surface area contributed by atoms with Crippen LogP contribution < -0.4 is 10.2 Å². The van der Waals surface area contributed by atoms with E-state index < -0.39 is 0 Å². The van der Waals surface area contributed by atoms with Crippen LogP contribution >= 0.6 is 12.2 Å². The minimum absolute atomic E-state index is 0.301. The molecule has 1 aliphatic rings. The Labute approximate surface area is 202 Å². The molecule has 5 rings (SSSR count). The molecular formula is C27H23FN4OS. The molecule has 0 spiro atoms. The topological polar surface area (TPSA) is 54.2 Å². The number of rotatable bonds is 4. The number of allylic oxidation sites excluding steroid dienone is 1. The Balaban J connectivity index is 1.65. The van der Waals surface area contributed by atoms with Gasteiger partial charge in [-0.3, -0.25) is 4.90 Å². The number of halogens is 1. The molecule has 5 nitrogen and oxygen atoms in total. The van der Waals surface area contributed by atoms with Gasteiger partial charge in [-0.1, -0.05) is 59.3 Å². The van der Waals surface area contributed by atoms with Gasteiger partial charge in [0.25, 0.3) is 5.89 Å². The minimum atomic E-state index is -0.375. The van der Waals surface area contributed by atoms with Gasteiger partial charge in [-0.15, -0.1) is 0 Å². The van der Waals surface area contributed by atoms with Crippen molar-refractivity contribution < 1.29 is 8.91 Å². The van der Waals surface area contributed by atoms with Crippen LogP contribution in [0.1, 0.15) is 35.5 Å². The van der Waals surface area contributed by atoms with Crippen molar-refractivity contribution in [3.8, 4) is 11.4 Å². The molecule has 0 fully saturated rings. The Bertz CT molecular complexity index is 1390. The highest BCUT2D eigenvalue weighted by Crippen LogP contribution is 2.39. The zero-order valence-electron chi connectivity index (χ0n) is 19.0. The van der Waals surface area contributed by atoms with E-state index in [1.165, 1.54) is 12.1 Å². The van der Waals surface area contributed by atoms with Crippen LogP contribution in [0.5, 0.6) is 0 Å². The average Bonchev–Trinajstić information content (AvgIpc) is 3.29. The number of nitrogens with zero attached hydrogens (tertiary/aromatic N) is 3. The van der Waals surface area contributed by atoms with Crippen molar-refractivity contribution in [2.75, 3.05) is 4.90 Å². The normalized spacial score (nSPS) is 16.1. The molecule has 34 heavy (non-hydrogen) atoms. The van der Waals surface area contributed by atoms with Gasteiger partial charge in [-0.25, -0.2) is 4.39 Å². The number of aryl methyl sites for hydroxylation is 2. The lowest BCUT2D eigenvalue weighted by molar-refractivity contribution is 0.404. The Hall–Kier alpha value is -3.84. The molecule has 1 atom stereocenters. The van der Waals surface area contributed by atoms with Crippen molar-refractivity contribution in [2.24, 2.45) is 0 Å². The van der Waals surface area contributed by atoms with Crippen molar-refractivity contribution in [1.82, 2.24) is 15.5 Å². The fourth-order valence-corrected chi connectivity index (χ4v) is 4.52. The lowest BCUT2D eigenvalue weighted by Crippen LogP contribution is -2.46. The second kappa shape index (κ2) is 8.83. The largest absolute Gasteiger partial charge is 0.351 e. The van der Waals surface area contributed by atoms with Crippen LogP contribution in [0.2, 0.25) is 0 Å². The first-order chi connectivity index (χ1) is 16.4. The number of nitrogens with one attached hydrogen (secondary N) is 1. The predicted octanol–water partition coefficient (Wildman–Crippen LogP) is 6.36. The summed E-state index contributed by atoms with van der Waals surface area (Å²) in [5, 5.41) is 8.19. The molecule has 2 heterocycles. The molecule has 1 N–H and O–H groups in total. The fraction of sp³-hybridized carbons (Fsp3) is 0.148. The highest BCUT2D eigenvalue weighted by atomic mass is 32.1. The molecule has 1 aromatic heterocycles. The first kappa shape index (κ1) is 22.0. The molecule has 0 radical (unpaired) electrons. The van der Waals surface area contributed by atoms with Gasteiger partial charge < -0.3 is 9.84 Å². The van der Waals surface area contributed by atoms with E-state index in [2.05, 4.69) is 16.5 Å². The van der Waals surface area contributed by atoms with E-state index in [9.17, 15) is 4.39 Å². The van der Waals surface area contributed by atoms with Gasteiger partial charge >= 0.3 is 0 Å². The number of thiocarbonyl (C=S) groups is 1. The lowest BCUT2D eigenvalue weighted by Gasteiger charge is -2.37. The second-order valence-corrected chi connectivity index (χ2v) is 8.78. The Kier molecular flexibility index (Phi) is 5.71. The number of aromatic nitrogens is 2. The van der Waals surface area contributed by atoms with Crippen molar-refractivity contribution in [2.45, 2.75) is 26.8 Å². The van der Waals surface area contributed by atoms with Gasteiger partial charge in [0, 0.05) is 16.9 Å². The average molecular weight is 471 g/mol. The van der Waals surface area contributed by atoms with E-state index in [1.807, 2.05) is 68.1 Å². The third-order valence-electron chi connectivity index (χ3n) is 5.91. The van der Waals surface area contributed by atoms with E-state index in [0.29, 0.717) is 16.8 Å². The maximum Gasteiger partial charge on any atom is 0.258 e. The quantitative estimate of drug-likeness (QED) is 0.350. The van der Waals surface area contributed by atoms with E-state index >= 15 is 0 Å². The summed E-state index contributed by atoms with van der Waals surface area (Å²) in [6.45, 7) is 6.05. The maximum atomic E-state index is 13.7. The van der Waals surface area contributed by atoms with E-state index in [1.54, 1.807) is 12.1 Å². The first-order valence-electron chi connectivity index (χ1n) is 11.0. The Morgan fingerprint density at radius 2 is 1.68 bits per heavy atom. The van der Waals surface area contributed by atoms with Crippen molar-refractivity contribution in [1.29, 1.82) is 0 Å². The van der Waals surface area contributed by atoms with Gasteiger partial charge in [0.05, 0.1) is 11.6 Å². The smallest absolute Gasteiger partial charge is 0.258 e. The molecule has 0 saturated carbocycles. The van der Waals surface area contributed by atoms with Gasteiger partial charge in [-0.05, 0) is 68.4 Å². The predicted molar refractivity (Wildman–Crippen MR) is 136 cm³/mol. The second-order valence-electron chi connectivity index (χ2n) is 8.40. The third-order valence-corrected chi connectivity index (χ3v) is 6.21. The zero-order chi connectivity index (χ0) is 23.8. The van der Waals surface area contributed by atoms with Crippen LogP contribution in [-0.4, -0.2) is 15.3 Å². The molecule has 170 valence electrons. The molecule has 0 amide bonds. The molecule has 1 aliphatic heterocycles. The summed E-state index contributed by atoms with van der Waals surface area (Å²) in [6.07, 6.45) is 0. The highest BCUT2D eigenvalue weighted by molar-refractivity contribution is 7.80. The Morgan fingerprint density at radius 1 is 0.941 bits per heavy atom. The number of benzene rings is 3. The lowest BCUT2D eigenvalue weighted by atomic mass is 9.94. The number of hydrogen-bond donors (Lipinski definition) is 1. The zero-order valence-corrected chi connectivity index (χ0v) is 19.9. The van der Waals surface area contributed by atoms with Crippen molar-refractivity contribution >= 4 is 28.6 Å². The van der Waals surface area contributed by atoms with Crippen LogP contribution in [0.4, 0.5) is 10.1 Å².